The molecule has 0 unspecified atom stereocenters. The quantitative estimate of drug-likeness (QED) is 0.853. The molecule has 2 N–H and O–H groups in total. The number of hydrogen-bond acceptors (Lipinski definition) is 3. The second kappa shape index (κ2) is 8.61. The van der Waals surface area contributed by atoms with E-state index in [1.54, 1.807) is 0 Å². The number of carbonyl (C=O) groups is 1. The van der Waals surface area contributed by atoms with Gasteiger partial charge in [-0.25, -0.2) is 4.79 Å². The molecule has 0 spiro atoms. The van der Waals surface area contributed by atoms with E-state index in [0.717, 1.165) is 30.0 Å². The van der Waals surface area contributed by atoms with Crippen molar-refractivity contribution in [2.45, 2.75) is 25.8 Å². The highest BCUT2D eigenvalue weighted by molar-refractivity contribution is 5.89. The molecule has 0 aromatic heterocycles. The van der Waals surface area contributed by atoms with Gasteiger partial charge in [0.15, 0.2) is 0 Å². The minimum atomic E-state index is -0.183. The maximum atomic E-state index is 12.2. The van der Waals surface area contributed by atoms with Crippen LogP contribution in [0.5, 0.6) is 0 Å². The number of rotatable bonds is 5. The van der Waals surface area contributed by atoms with Crippen LogP contribution in [0.1, 0.15) is 24.8 Å². The number of carbonyl (C=O) groups excluding carboxylic acids is 1. The van der Waals surface area contributed by atoms with Crippen LogP contribution in [-0.4, -0.2) is 33.2 Å². The maximum Gasteiger partial charge on any atom is 0.319 e. The second-order valence-corrected chi connectivity index (χ2v) is 6.97. The fraction of sp³-hybridized carbons (Fsp3) is 0.381. The van der Waals surface area contributed by atoms with Crippen LogP contribution in [0.25, 0.3) is 0 Å². The molecule has 26 heavy (non-hydrogen) atoms. The molecule has 0 saturated carbocycles. The zero-order chi connectivity index (χ0) is 18.4. The van der Waals surface area contributed by atoms with E-state index in [4.69, 9.17) is 0 Å². The first-order chi connectivity index (χ1) is 12.6. The number of amides is 2. The van der Waals surface area contributed by atoms with Crippen molar-refractivity contribution >= 4 is 23.1 Å². The predicted octanol–water partition coefficient (Wildman–Crippen LogP) is 4.06. The molecular weight excluding hydrogens is 324 g/mol. The number of hydrogen-bond donors (Lipinski definition) is 2. The van der Waals surface area contributed by atoms with Gasteiger partial charge in [0.1, 0.15) is 0 Å². The van der Waals surface area contributed by atoms with E-state index in [1.807, 2.05) is 38.4 Å². The van der Waals surface area contributed by atoms with Crippen molar-refractivity contribution in [2.24, 2.45) is 0 Å². The lowest BCUT2D eigenvalue weighted by Crippen LogP contribution is -2.30. The summed E-state index contributed by atoms with van der Waals surface area (Å²) in [6.45, 7) is 2.70. The molecule has 138 valence electrons. The number of anilines is 3. The fourth-order valence-electron chi connectivity index (χ4n) is 3.20. The van der Waals surface area contributed by atoms with Crippen LogP contribution in [0.15, 0.2) is 48.5 Å². The van der Waals surface area contributed by atoms with Crippen molar-refractivity contribution in [2.75, 3.05) is 42.3 Å². The number of urea groups is 1. The average Bonchev–Trinajstić information content (AvgIpc) is 2.67. The maximum absolute atomic E-state index is 12.2. The lowest BCUT2D eigenvalue weighted by atomic mass is 10.1. The summed E-state index contributed by atoms with van der Waals surface area (Å²) in [4.78, 5) is 16.6. The zero-order valence-corrected chi connectivity index (χ0v) is 15.7. The molecule has 5 nitrogen and oxygen atoms in total. The molecule has 2 aromatic carbocycles. The molecule has 1 fully saturated rings. The summed E-state index contributed by atoms with van der Waals surface area (Å²) in [5.41, 5.74) is 4.23. The smallest absolute Gasteiger partial charge is 0.319 e. The molecule has 1 aliphatic heterocycles. The van der Waals surface area contributed by atoms with Gasteiger partial charge < -0.3 is 20.4 Å². The minimum absolute atomic E-state index is 0.183. The van der Waals surface area contributed by atoms with Crippen LogP contribution in [0.4, 0.5) is 21.9 Å². The van der Waals surface area contributed by atoms with Gasteiger partial charge >= 0.3 is 6.03 Å². The monoisotopic (exact) mass is 352 g/mol. The Hall–Kier alpha value is -2.69. The van der Waals surface area contributed by atoms with Crippen molar-refractivity contribution in [3.8, 4) is 0 Å². The van der Waals surface area contributed by atoms with Crippen LogP contribution >= 0.6 is 0 Å². The van der Waals surface area contributed by atoms with Gasteiger partial charge in [0.25, 0.3) is 0 Å². The topological polar surface area (TPSA) is 47.6 Å². The third-order valence-electron chi connectivity index (χ3n) is 4.73. The van der Waals surface area contributed by atoms with Crippen molar-refractivity contribution in [3.63, 3.8) is 0 Å². The normalized spacial score (nSPS) is 14.0. The molecule has 0 aliphatic carbocycles. The van der Waals surface area contributed by atoms with Crippen molar-refractivity contribution in [3.05, 3.63) is 54.1 Å². The van der Waals surface area contributed by atoms with E-state index in [0.29, 0.717) is 6.54 Å². The SMILES string of the molecule is CN(C)c1ccc(CNC(=O)Nc2cccc(N3CCCCC3)c2)cc1. The van der Waals surface area contributed by atoms with E-state index < -0.39 is 0 Å². The molecule has 3 rings (SSSR count). The van der Waals surface area contributed by atoms with E-state index in [1.165, 1.54) is 24.9 Å². The lowest BCUT2D eigenvalue weighted by Gasteiger charge is -2.29. The van der Waals surface area contributed by atoms with Crippen molar-refractivity contribution in [1.29, 1.82) is 0 Å². The standard InChI is InChI=1S/C21H28N4O/c1-24(2)19-11-9-17(10-12-19)16-22-21(26)23-18-7-6-8-20(15-18)25-13-4-3-5-14-25/h6-12,15H,3-5,13-14,16H2,1-2H3,(H2,22,23,26). The van der Waals surface area contributed by atoms with E-state index in [2.05, 4.69) is 44.7 Å². The molecule has 5 heteroatoms. The van der Waals surface area contributed by atoms with Gasteiger partial charge in [-0.2, -0.15) is 0 Å². The Morgan fingerprint density at radius 3 is 2.46 bits per heavy atom. The first-order valence-electron chi connectivity index (χ1n) is 9.28. The summed E-state index contributed by atoms with van der Waals surface area (Å²) in [7, 11) is 4.03. The summed E-state index contributed by atoms with van der Waals surface area (Å²) in [6.07, 6.45) is 3.79. The Morgan fingerprint density at radius 1 is 1.04 bits per heavy atom. The first-order valence-corrected chi connectivity index (χ1v) is 9.28. The van der Waals surface area contributed by atoms with E-state index in [9.17, 15) is 4.79 Å². The Balaban J connectivity index is 1.53. The molecule has 1 aliphatic rings. The molecule has 0 radical (unpaired) electrons. The van der Waals surface area contributed by atoms with Gasteiger partial charge in [0.05, 0.1) is 0 Å². The van der Waals surface area contributed by atoms with Crippen LogP contribution in [0.3, 0.4) is 0 Å². The Bertz CT molecular complexity index is 721. The van der Waals surface area contributed by atoms with Gasteiger partial charge in [-0.3, -0.25) is 0 Å². The molecule has 1 heterocycles. The molecule has 1 saturated heterocycles. The summed E-state index contributed by atoms with van der Waals surface area (Å²) < 4.78 is 0. The highest BCUT2D eigenvalue weighted by atomic mass is 16.2. The van der Waals surface area contributed by atoms with Gasteiger partial charge in [0, 0.05) is 50.8 Å². The van der Waals surface area contributed by atoms with E-state index in [-0.39, 0.29) is 6.03 Å². The summed E-state index contributed by atoms with van der Waals surface area (Å²) in [5, 5.41) is 5.85. The van der Waals surface area contributed by atoms with Gasteiger partial charge in [-0.15, -0.1) is 0 Å². The molecular formula is C21H28N4O. The molecule has 0 atom stereocenters. The van der Waals surface area contributed by atoms with Crippen LogP contribution in [-0.2, 0) is 6.54 Å². The molecule has 2 aromatic rings. The van der Waals surface area contributed by atoms with E-state index >= 15 is 0 Å². The lowest BCUT2D eigenvalue weighted by molar-refractivity contribution is 0.251. The number of piperidine rings is 1. The zero-order valence-electron chi connectivity index (χ0n) is 15.7. The van der Waals surface area contributed by atoms with Crippen LogP contribution in [0, 0.1) is 0 Å². The number of nitrogens with one attached hydrogen (secondary N) is 2. The highest BCUT2D eigenvalue weighted by Crippen LogP contribution is 2.23. The largest absolute Gasteiger partial charge is 0.378 e. The fourth-order valence-corrected chi connectivity index (χ4v) is 3.20. The predicted molar refractivity (Wildman–Crippen MR) is 109 cm³/mol. The van der Waals surface area contributed by atoms with Gasteiger partial charge in [-0.1, -0.05) is 18.2 Å². The molecule has 0 bridgehead atoms. The Morgan fingerprint density at radius 2 is 1.77 bits per heavy atom. The summed E-state index contributed by atoms with van der Waals surface area (Å²) >= 11 is 0. The summed E-state index contributed by atoms with van der Waals surface area (Å²) in [6, 6.07) is 16.1. The second-order valence-electron chi connectivity index (χ2n) is 6.97. The highest BCUT2D eigenvalue weighted by Gasteiger charge is 2.11. The average molecular weight is 352 g/mol. The van der Waals surface area contributed by atoms with Gasteiger partial charge in [-0.05, 0) is 55.2 Å². The minimum Gasteiger partial charge on any atom is -0.378 e. The number of benzene rings is 2. The van der Waals surface area contributed by atoms with Crippen molar-refractivity contribution in [1.82, 2.24) is 5.32 Å². The third kappa shape index (κ3) is 4.91. The summed E-state index contributed by atoms with van der Waals surface area (Å²) in [5.74, 6) is 0. The molecule has 2 amide bonds. The van der Waals surface area contributed by atoms with Crippen LogP contribution < -0.4 is 20.4 Å². The first kappa shape index (κ1) is 18.1. The number of nitrogens with zero attached hydrogens (tertiary/aromatic N) is 2. The van der Waals surface area contributed by atoms with Crippen LogP contribution in [0.2, 0.25) is 0 Å². The van der Waals surface area contributed by atoms with Crippen molar-refractivity contribution < 1.29 is 4.79 Å². The third-order valence-corrected chi connectivity index (χ3v) is 4.73. The van der Waals surface area contributed by atoms with Gasteiger partial charge in [0.2, 0.25) is 0 Å². The Kier molecular flexibility index (Phi) is 6.00. The Labute approximate surface area is 156 Å².